The van der Waals surface area contributed by atoms with E-state index >= 15 is 0 Å². The zero-order valence-corrected chi connectivity index (χ0v) is 17.9. The Morgan fingerprint density at radius 1 is 1.00 bits per heavy atom. The maximum Gasteiger partial charge on any atom is 0.322 e. The van der Waals surface area contributed by atoms with Crippen LogP contribution in [0.5, 0.6) is 11.8 Å². The van der Waals surface area contributed by atoms with Gasteiger partial charge in [0.05, 0.1) is 10.9 Å². The Hall–Kier alpha value is -4.26. The molecule has 0 radical (unpaired) electrons. The molecule has 0 fully saturated rings. The number of rotatable bonds is 5. The van der Waals surface area contributed by atoms with Gasteiger partial charge in [0.1, 0.15) is 17.6 Å². The lowest BCUT2D eigenvalue weighted by Gasteiger charge is -2.07. The van der Waals surface area contributed by atoms with Gasteiger partial charge in [-0.15, -0.1) is 0 Å². The SMILES string of the molecule is Cc1ccc2occ(/C=C/C(=O)Nc3ccc(Oc4nc(C)cc(C)n4)cc3)c(=O)c2c1. The topological polar surface area (TPSA) is 94.3 Å². The second-order valence-electron chi connectivity index (χ2n) is 7.40. The number of benzene rings is 2. The van der Waals surface area contributed by atoms with Gasteiger partial charge in [0.25, 0.3) is 0 Å². The van der Waals surface area contributed by atoms with Crippen molar-refractivity contribution in [3.05, 3.63) is 93.6 Å². The summed E-state index contributed by atoms with van der Waals surface area (Å²) >= 11 is 0. The van der Waals surface area contributed by atoms with Crippen molar-refractivity contribution >= 4 is 28.6 Å². The van der Waals surface area contributed by atoms with Crippen LogP contribution in [0.25, 0.3) is 17.0 Å². The number of fused-ring (bicyclic) bond motifs is 1. The quantitative estimate of drug-likeness (QED) is 0.453. The summed E-state index contributed by atoms with van der Waals surface area (Å²) < 4.78 is 11.2. The number of carbonyl (C=O) groups is 1. The first-order chi connectivity index (χ1) is 15.4. The molecular formula is C25H21N3O4. The normalized spacial score (nSPS) is 11.1. The zero-order valence-electron chi connectivity index (χ0n) is 17.9. The van der Waals surface area contributed by atoms with Gasteiger partial charge in [-0.25, -0.2) is 9.97 Å². The smallest absolute Gasteiger partial charge is 0.322 e. The lowest BCUT2D eigenvalue weighted by Crippen LogP contribution is -2.09. The lowest BCUT2D eigenvalue weighted by molar-refractivity contribution is -0.111. The molecule has 2 aromatic carbocycles. The highest BCUT2D eigenvalue weighted by molar-refractivity contribution is 6.02. The number of carbonyl (C=O) groups excluding carboxylic acids is 1. The third-order valence-corrected chi connectivity index (χ3v) is 4.66. The Bertz CT molecular complexity index is 1370. The molecule has 4 rings (SSSR count). The molecule has 0 bridgehead atoms. The molecule has 0 aliphatic carbocycles. The van der Waals surface area contributed by atoms with Gasteiger partial charge in [0, 0.05) is 23.2 Å². The van der Waals surface area contributed by atoms with Gasteiger partial charge in [0.15, 0.2) is 5.43 Å². The Kier molecular flexibility index (Phi) is 5.81. The number of amides is 1. The molecule has 32 heavy (non-hydrogen) atoms. The molecule has 0 unspecified atom stereocenters. The minimum atomic E-state index is -0.375. The molecule has 1 amide bonds. The number of aryl methyl sites for hydroxylation is 3. The Labute approximate surface area is 184 Å². The van der Waals surface area contributed by atoms with Crippen molar-refractivity contribution in [1.29, 1.82) is 0 Å². The maximum atomic E-state index is 12.6. The third kappa shape index (κ3) is 4.89. The van der Waals surface area contributed by atoms with Gasteiger partial charge in [-0.3, -0.25) is 9.59 Å². The predicted molar refractivity (Wildman–Crippen MR) is 123 cm³/mol. The van der Waals surface area contributed by atoms with Gasteiger partial charge in [-0.1, -0.05) is 11.6 Å². The first-order valence-electron chi connectivity index (χ1n) is 9.99. The molecule has 4 aromatic rings. The van der Waals surface area contributed by atoms with Gasteiger partial charge in [0.2, 0.25) is 5.91 Å². The van der Waals surface area contributed by atoms with Crippen LogP contribution in [0.1, 0.15) is 22.5 Å². The van der Waals surface area contributed by atoms with Crippen LogP contribution in [0, 0.1) is 20.8 Å². The van der Waals surface area contributed by atoms with E-state index in [1.807, 2.05) is 32.9 Å². The molecule has 7 heteroatoms. The standard InChI is InChI=1S/C25H21N3O4/c1-15-4-10-22-21(12-15)24(30)18(14-31-22)5-11-23(29)28-19-6-8-20(9-7-19)32-25-26-16(2)13-17(3)27-25/h4-14H,1-3H3,(H,28,29)/b11-5+. The molecule has 0 aliphatic heterocycles. The van der Waals surface area contributed by atoms with Crippen molar-refractivity contribution in [2.75, 3.05) is 5.32 Å². The summed E-state index contributed by atoms with van der Waals surface area (Å²) in [7, 11) is 0. The largest absolute Gasteiger partial charge is 0.463 e. The molecule has 160 valence electrons. The number of nitrogens with zero attached hydrogens (tertiary/aromatic N) is 2. The molecule has 0 saturated heterocycles. The van der Waals surface area contributed by atoms with E-state index in [4.69, 9.17) is 9.15 Å². The Morgan fingerprint density at radius 2 is 1.72 bits per heavy atom. The predicted octanol–water partition coefficient (Wildman–Crippen LogP) is 4.95. The Morgan fingerprint density at radius 3 is 2.44 bits per heavy atom. The number of nitrogens with one attached hydrogen (secondary N) is 1. The summed E-state index contributed by atoms with van der Waals surface area (Å²) in [6, 6.07) is 14.4. The molecule has 0 atom stereocenters. The first kappa shape index (κ1) is 21.0. The second kappa shape index (κ2) is 8.85. The van der Waals surface area contributed by atoms with Crippen LogP contribution in [0.15, 0.2) is 70.1 Å². The van der Waals surface area contributed by atoms with Crippen LogP contribution in [0.4, 0.5) is 5.69 Å². The number of hydrogen-bond acceptors (Lipinski definition) is 6. The van der Waals surface area contributed by atoms with Crippen LogP contribution >= 0.6 is 0 Å². The number of aromatic nitrogens is 2. The molecule has 1 N–H and O–H groups in total. The highest BCUT2D eigenvalue weighted by Gasteiger charge is 2.07. The zero-order chi connectivity index (χ0) is 22.7. The third-order valence-electron chi connectivity index (χ3n) is 4.66. The average Bonchev–Trinajstić information content (AvgIpc) is 2.74. The van der Waals surface area contributed by atoms with Gasteiger partial charge in [-0.05, 0) is 69.3 Å². The van der Waals surface area contributed by atoms with E-state index in [1.54, 1.807) is 36.4 Å². The average molecular weight is 427 g/mol. The number of ether oxygens (including phenoxy) is 1. The maximum absolute atomic E-state index is 12.6. The van der Waals surface area contributed by atoms with E-state index in [1.165, 1.54) is 18.4 Å². The molecule has 0 spiro atoms. The summed E-state index contributed by atoms with van der Waals surface area (Å²) in [6.45, 7) is 5.65. The van der Waals surface area contributed by atoms with E-state index in [2.05, 4.69) is 15.3 Å². The summed E-state index contributed by atoms with van der Waals surface area (Å²) in [6.07, 6.45) is 4.09. The van der Waals surface area contributed by atoms with Crippen LogP contribution in [0.2, 0.25) is 0 Å². The molecule has 2 aromatic heterocycles. The first-order valence-corrected chi connectivity index (χ1v) is 9.99. The van der Waals surface area contributed by atoms with E-state index in [-0.39, 0.29) is 17.3 Å². The number of hydrogen-bond donors (Lipinski definition) is 1. The highest BCUT2D eigenvalue weighted by Crippen LogP contribution is 2.21. The monoisotopic (exact) mass is 427 g/mol. The minimum absolute atomic E-state index is 0.186. The van der Waals surface area contributed by atoms with E-state index in [9.17, 15) is 9.59 Å². The molecule has 0 aliphatic rings. The lowest BCUT2D eigenvalue weighted by atomic mass is 10.1. The summed E-state index contributed by atoms with van der Waals surface area (Å²) in [5, 5.41) is 3.22. The van der Waals surface area contributed by atoms with Crippen LogP contribution in [0.3, 0.4) is 0 Å². The van der Waals surface area contributed by atoms with E-state index < -0.39 is 0 Å². The fraction of sp³-hybridized carbons (Fsp3) is 0.120. The Balaban J connectivity index is 1.43. The molecule has 7 nitrogen and oxygen atoms in total. The second-order valence-corrected chi connectivity index (χ2v) is 7.40. The summed E-state index contributed by atoms with van der Waals surface area (Å²) in [5.74, 6) is 0.174. The van der Waals surface area contributed by atoms with Crippen molar-refractivity contribution in [2.45, 2.75) is 20.8 Å². The fourth-order valence-electron chi connectivity index (χ4n) is 3.18. The van der Waals surface area contributed by atoms with Crippen molar-refractivity contribution < 1.29 is 13.9 Å². The van der Waals surface area contributed by atoms with E-state index in [0.717, 1.165) is 17.0 Å². The highest BCUT2D eigenvalue weighted by atomic mass is 16.5. The van der Waals surface area contributed by atoms with Crippen molar-refractivity contribution in [2.24, 2.45) is 0 Å². The molecule has 0 saturated carbocycles. The van der Waals surface area contributed by atoms with Crippen LogP contribution in [-0.4, -0.2) is 15.9 Å². The van der Waals surface area contributed by atoms with E-state index in [0.29, 0.717) is 28.0 Å². The van der Waals surface area contributed by atoms with Crippen molar-refractivity contribution in [3.8, 4) is 11.8 Å². The van der Waals surface area contributed by atoms with Gasteiger partial charge >= 0.3 is 6.01 Å². The van der Waals surface area contributed by atoms with Crippen molar-refractivity contribution in [1.82, 2.24) is 9.97 Å². The minimum Gasteiger partial charge on any atom is -0.463 e. The molecular weight excluding hydrogens is 406 g/mol. The summed E-state index contributed by atoms with van der Waals surface area (Å²) in [4.78, 5) is 33.4. The van der Waals surface area contributed by atoms with Crippen LogP contribution < -0.4 is 15.5 Å². The van der Waals surface area contributed by atoms with Crippen molar-refractivity contribution in [3.63, 3.8) is 0 Å². The van der Waals surface area contributed by atoms with Gasteiger partial charge in [-0.2, -0.15) is 0 Å². The van der Waals surface area contributed by atoms with Gasteiger partial charge < -0.3 is 14.5 Å². The summed E-state index contributed by atoms with van der Waals surface area (Å²) in [5.41, 5.74) is 3.80. The van der Waals surface area contributed by atoms with Crippen LogP contribution in [-0.2, 0) is 4.79 Å². The fourth-order valence-corrected chi connectivity index (χ4v) is 3.18. The number of anilines is 1. The molecule has 2 heterocycles.